The summed E-state index contributed by atoms with van der Waals surface area (Å²) >= 11 is 0. The molecule has 0 saturated heterocycles. The number of carbonyl (C=O) groups is 2. The van der Waals surface area contributed by atoms with Gasteiger partial charge >= 0.3 is 5.97 Å². The number of hydrogen-bond acceptors (Lipinski definition) is 5. The van der Waals surface area contributed by atoms with Crippen LogP contribution < -0.4 is 15.2 Å². The molecule has 0 fully saturated rings. The summed E-state index contributed by atoms with van der Waals surface area (Å²) in [5.41, 5.74) is 5.72. The maximum atomic E-state index is 12.3. The topological polar surface area (TPSA) is 78.6 Å². The molecule has 2 aromatic carbocycles. The maximum absolute atomic E-state index is 12.3. The van der Waals surface area contributed by atoms with Crippen molar-refractivity contribution in [1.82, 2.24) is 0 Å². The van der Waals surface area contributed by atoms with Gasteiger partial charge in [-0.15, -0.1) is 0 Å². The lowest BCUT2D eigenvalue weighted by Gasteiger charge is -2.17. The van der Waals surface area contributed by atoms with Crippen molar-refractivity contribution in [3.8, 4) is 11.5 Å². The predicted molar refractivity (Wildman–Crippen MR) is 84.3 cm³/mol. The van der Waals surface area contributed by atoms with Gasteiger partial charge in [0.15, 0.2) is 0 Å². The van der Waals surface area contributed by atoms with Gasteiger partial charge in [0.2, 0.25) is 11.5 Å². The van der Waals surface area contributed by atoms with Gasteiger partial charge in [-0.25, -0.2) is 4.79 Å². The second kappa shape index (κ2) is 5.70. The Balaban J connectivity index is 1.71. The first-order chi connectivity index (χ1) is 11.0. The minimum Gasteiger partial charge on any atom is -0.461 e. The van der Waals surface area contributed by atoms with E-state index >= 15 is 0 Å². The third-order valence-corrected chi connectivity index (χ3v) is 3.47. The van der Waals surface area contributed by atoms with Crippen LogP contribution in [0.5, 0.6) is 11.5 Å². The van der Waals surface area contributed by atoms with E-state index in [0.717, 1.165) is 11.6 Å². The first-order valence-corrected chi connectivity index (χ1v) is 7.07. The van der Waals surface area contributed by atoms with Crippen molar-refractivity contribution in [3.63, 3.8) is 0 Å². The first kappa shape index (κ1) is 15.0. The molecule has 2 N–H and O–H groups in total. The quantitative estimate of drug-likeness (QED) is 0.535. The summed E-state index contributed by atoms with van der Waals surface area (Å²) in [6.07, 6.45) is 2.31. The zero-order chi connectivity index (χ0) is 16.4. The molecule has 5 heteroatoms. The SMILES string of the molecule is Cc1ccc(OC(=O)/C=C/C2(N)Oc3ccccc3C2=O)cc1. The molecule has 1 heterocycles. The lowest BCUT2D eigenvalue weighted by Crippen LogP contribution is -2.47. The summed E-state index contributed by atoms with van der Waals surface area (Å²) in [4.78, 5) is 24.1. The number of carbonyl (C=O) groups excluding carboxylic acids is 2. The number of ketones is 1. The molecule has 116 valence electrons. The van der Waals surface area contributed by atoms with Gasteiger partial charge in [-0.2, -0.15) is 0 Å². The molecule has 0 spiro atoms. The lowest BCUT2D eigenvalue weighted by molar-refractivity contribution is -0.129. The largest absolute Gasteiger partial charge is 0.461 e. The van der Waals surface area contributed by atoms with E-state index in [-0.39, 0.29) is 0 Å². The van der Waals surface area contributed by atoms with E-state index in [0.29, 0.717) is 17.1 Å². The minimum atomic E-state index is -1.68. The number of fused-ring (bicyclic) bond motifs is 1. The number of ether oxygens (including phenoxy) is 2. The molecule has 2 aromatic rings. The number of nitrogens with two attached hydrogens (primary N) is 1. The molecule has 0 radical (unpaired) electrons. The van der Waals surface area contributed by atoms with E-state index < -0.39 is 17.5 Å². The van der Waals surface area contributed by atoms with Gasteiger partial charge in [0.05, 0.1) is 5.56 Å². The average molecular weight is 309 g/mol. The van der Waals surface area contributed by atoms with Gasteiger partial charge in [-0.3, -0.25) is 10.5 Å². The molecule has 0 bridgehead atoms. The van der Waals surface area contributed by atoms with E-state index in [4.69, 9.17) is 15.2 Å². The second-order valence-electron chi connectivity index (χ2n) is 5.29. The standard InChI is InChI=1S/C18H15NO4/c1-12-6-8-13(9-7-12)22-16(20)10-11-18(19)17(21)14-4-2-3-5-15(14)23-18/h2-11H,19H2,1H3/b11-10+. The predicted octanol–water partition coefficient (Wildman–Crippen LogP) is 2.39. The summed E-state index contributed by atoms with van der Waals surface area (Å²) in [7, 11) is 0. The zero-order valence-electron chi connectivity index (χ0n) is 12.5. The monoisotopic (exact) mass is 309 g/mol. The van der Waals surface area contributed by atoms with Crippen molar-refractivity contribution in [2.24, 2.45) is 5.73 Å². The number of benzene rings is 2. The van der Waals surface area contributed by atoms with E-state index in [1.54, 1.807) is 36.4 Å². The molecule has 23 heavy (non-hydrogen) atoms. The van der Waals surface area contributed by atoms with Crippen LogP contribution in [0.15, 0.2) is 60.7 Å². The summed E-state index contributed by atoms with van der Waals surface area (Å²) in [6.45, 7) is 1.93. The van der Waals surface area contributed by atoms with Gasteiger partial charge in [0, 0.05) is 6.08 Å². The van der Waals surface area contributed by atoms with Crippen molar-refractivity contribution in [2.45, 2.75) is 12.6 Å². The summed E-state index contributed by atoms with van der Waals surface area (Å²) in [6, 6.07) is 13.8. The number of esters is 1. The fourth-order valence-electron chi connectivity index (χ4n) is 2.24. The van der Waals surface area contributed by atoms with E-state index in [2.05, 4.69) is 0 Å². The third kappa shape index (κ3) is 3.00. The molecule has 0 aromatic heterocycles. The Morgan fingerprint density at radius 2 is 1.87 bits per heavy atom. The van der Waals surface area contributed by atoms with E-state index in [1.165, 1.54) is 6.08 Å². The highest BCUT2D eigenvalue weighted by molar-refractivity contribution is 6.08. The molecule has 5 nitrogen and oxygen atoms in total. The molecule has 0 amide bonds. The van der Waals surface area contributed by atoms with Crippen LogP contribution in [0.25, 0.3) is 0 Å². The van der Waals surface area contributed by atoms with Crippen molar-refractivity contribution >= 4 is 11.8 Å². The number of aryl methyl sites for hydroxylation is 1. The minimum absolute atomic E-state index is 0.395. The van der Waals surface area contributed by atoms with Gasteiger partial charge in [0.25, 0.3) is 0 Å². The number of Topliss-reactive ketones (excluding diaryl/α,β-unsaturated/α-hetero) is 1. The van der Waals surface area contributed by atoms with Crippen LogP contribution in [0.4, 0.5) is 0 Å². The zero-order valence-corrected chi connectivity index (χ0v) is 12.5. The number of rotatable bonds is 3. The smallest absolute Gasteiger partial charge is 0.336 e. The fourth-order valence-corrected chi connectivity index (χ4v) is 2.24. The van der Waals surface area contributed by atoms with Crippen molar-refractivity contribution in [2.75, 3.05) is 0 Å². The Labute approximate surface area is 133 Å². The Hall–Kier alpha value is -2.92. The van der Waals surface area contributed by atoms with Crippen LogP contribution in [-0.4, -0.2) is 17.5 Å². The fraction of sp³-hybridized carbons (Fsp3) is 0.111. The first-order valence-electron chi connectivity index (χ1n) is 7.07. The van der Waals surface area contributed by atoms with Crippen molar-refractivity contribution in [1.29, 1.82) is 0 Å². The molecular weight excluding hydrogens is 294 g/mol. The number of hydrogen-bond donors (Lipinski definition) is 1. The molecule has 1 aliphatic rings. The normalized spacial score (nSPS) is 19.5. The molecule has 1 atom stereocenters. The highest BCUT2D eigenvalue weighted by Gasteiger charge is 2.42. The Kier molecular flexibility index (Phi) is 3.72. The third-order valence-electron chi connectivity index (χ3n) is 3.47. The van der Waals surface area contributed by atoms with Gasteiger partial charge in [-0.1, -0.05) is 29.8 Å². The van der Waals surface area contributed by atoms with E-state index in [1.807, 2.05) is 19.1 Å². The highest BCUT2D eigenvalue weighted by Crippen LogP contribution is 2.32. The van der Waals surface area contributed by atoms with E-state index in [9.17, 15) is 9.59 Å². The highest BCUT2D eigenvalue weighted by atomic mass is 16.5. The molecule has 3 rings (SSSR count). The van der Waals surface area contributed by atoms with Crippen LogP contribution in [-0.2, 0) is 4.79 Å². The van der Waals surface area contributed by atoms with Crippen LogP contribution in [0.2, 0.25) is 0 Å². The van der Waals surface area contributed by atoms with Gasteiger partial charge in [-0.05, 0) is 37.3 Å². The van der Waals surface area contributed by atoms with Gasteiger partial charge in [0.1, 0.15) is 11.5 Å². The summed E-state index contributed by atoms with van der Waals surface area (Å²) in [5, 5.41) is 0. The van der Waals surface area contributed by atoms with Crippen LogP contribution in [0.1, 0.15) is 15.9 Å². The Morgan fingerprint density at radius 3 is 2.57 bits per heavy atom. The Morgan fingerprint density at radius 1 is 1.17 bits per heavy atom. The van der Waals surface area contributed by atoms with Crippen LogP contribution >= 0.6 is 0 Å². The lowest BCUT2D eigenvalue weighted by atomic mass is 10.0. The summed E-state index contributed by atoms with van der Waals surface area (Å²) in [5.74, 6) is -0.214. The number of para-hydroxylation sites is 1. The molecule has 1 aliphatic heterocycles. The second-order valence-corrected chi connectivity index (χ2v) is 5.29. The van der Waals surface area contributed by atoms with Crippen molar-refractivity contribution in [3.05, 3.63) is 71.8 Å². The van der Waals surface area contributed by atoms with Crippen LogP contribution in [0, 0.1) is 6.92 Å². The van der Waals surface area contributed by atoms with Gasteiger partial charge < -0.3 is 9.47 Å². The average Bonchev–Trinajstić information content (AvgIpc) is 2.80. The van der Waals surface area contributed by atoms with Crippen molar-refractivity contribution < 1.29 is 19.1 Å². The molecule has 0 aliphatic carbocycles. The van der Waals surface area contributed by atoms with Crippen LogP contribution in [0.3, 0.4) is 0 Å². The molecule has 0 saturated carbocycles. The summed E-state index contributed by atoms with van der Waals surface area (Å²) < 4.78 is 10.6. The Bertz CT molecular complexity index is 795. The molecular formula is C18H15NO4. The maximum Gasteiger partial charge on any atom is 0.336 e. The molecule has 1 unspecified atom stereocenters.